The Balaban J connectivity index is 2.22. The third-order valence-electron chi connectivity index (χ3n) is 3.13. The number of amides is 1. The summed E-state index contributed by atoms with van der Waals surface area (Å²) in [5.41, 5.74) is 1.11. The van der Waals surface area contributed by atoms with Crippen molar-refractivity contribution in [3.8, 4) is 18.1 Å². The quantitative estimate of drug-likeness (QED) is 0.499. The van der Waals surface area contributed by atoms with Gasteiger partial charge in [-0.1, -0.05) is 18.1 Å². The molecule has 0 saturated carbocycles. The Morgan fingerprint density at radius 2 is 2.04 bits per heavy atom. The van der Waals surface area contributed by atoms with Gasteiger partial charge in [-0.05, 0) is 38.0 Å². The molecule has 0 fully saturated rings. The van der Waals surface area contributed by atoms with Gasteiger partial charge in [0.05, 0.1) is 13.2 Å². The topological polar surface area (TPSA) is 56.8 Å². The first kappa shape index (κ1) is 19.0. The highest BCUT2D eigenvalue weighted by molar-refractivity contribution is 5.80. The molecule has 0 aliphatic heterocycles. The maximum atomic E-state index is 11.9. The first-order chi connectivity index (χ1) is 11.2. The zero-order valence-corrected chi connectivity index (χ0v) is 13.8. The van der Waals surface area contributed by atoms with Crippen molar-refractivity contribution in [2.45, 2.75) is 26.4 Å². The lowest BCUT2D eigenvalue weighted by molar-refractivity contribution is -0.132. The number of hydrogen-bond donors (Lipinski definition) is 1. The Morgan fingerprint density at radius 1 is 1.30 bits per heavy atom. The molecule has 1 aromatic carbocycles. The third-order valence-corrected chi connectivity index (χ3v) is 3.13. The summed E-state index contributed by atoms with van der Waals surface area (Å²) >= 11 is 0. The molecule has 1 rings (SSSR count). The Kier molecular flexibility index (Phi) is 9.53. The van der Waals surface area contributed by atoms with Crippen LogP contribution in [0.2, 0.25) is 0 Å². The number of terminal acetylenes is 1. The molecule has 0 aromatic heterocycles. The Hall–Kier alpha value is -2.03. The van der Waals surface area contributed by atoms with Gasteiger partial charge in [-0.3, -0.25) is 4.79 Å². The van der Waals surface area contributed by atoms with E-state index in [0.717, 1.165) is 17.7 Å². The molecule has 1 N–H and O–H groups in total. The van der Waals surface area contributed by atoms with E-state index in [-0.39, 0.29) is 12.5 Å². The van der Waals surface area contributed by atoms with Crippen LogP contribution in [0.15, 0.2) is 24.3 Å². The number of benzene rings is 1. The molecular weight excluding hydrogens is 294 g/mol. The van der Waals surface area contributed by atoms with Gasteiger partial charge in [-0.2, -0.15) is 0 Å². The predicted octanol–water partition coefficient (Wildman–Crippen LogP) is 1.80. The molecule has 1 amide bonds. The SMILES string of the molecule is C#CCOc1ccc(CCNC(=O)[C@H](C)OCCOCC)cc1. The van der Waals surface area contributed by atoms with Gasteiger partial charge in [-0.15, -0.1) is 6.42 Å². The van der Waals surface area contributed by atoms with E-state index in [9.17, 15) is 4.79 Å². The number of carbonyl (C=O) groups is 1. The molecule has 1 aromatic rings. The second kappa shape index (κ2) is 11.5. The first-order valence-electron chi connectivity index (χ1n) is 7.79. The van der Waals surface area contributed by atoms with Crippen molar-refractivity contribution < 1.29 is 19.0 Å². The number of carbonyl (C=O) groups excluding carboxylic acids is 1. The van der Waals surface area contributed by atoms with Crippen molar-refractivity contribution in [3.63, 3.8) is 0 Å². The highest BCUT2D eigenvalue weighted by Gasteiger charge is 2.12. The van der Waals surface area contributed by atoms with Crippen molar-refractivity contribution >= 4 is 5.91 Å². The summed E-state index contributed by atoms with van der Waals surface area (Å²) in [5.74, 6) is 3.05. The zero-order valence-electron chi connectivity index (χ0n) is 13.8. The molecule has 5 heteroatoms. The van der Waals surface area contributed by atoms with Crippen LogP contribution in [-0.2, 0) is 20.7 Å². The monoisotopic (exact) mass is 319 g/mol. The largest absolute Gasteiger partial charge is 0.481 e. The molecule has 0 aliphatic carbocycles. The number of ether oxygens (including phenoxy) is 3. The van der Waals surface area contributed by atoms with E-state index >= 15 is 0 Å². The van der Waals surface area contributed by atoms with Gasteiger partial charge in [0, 0.05) is 13.2 Å². The summed E-state index contributed by atoms with van der Waals surface area (Å²) in [6.45, 7) is 6.04. The van der Waals surface area contributed by atoms with E-state index in [0.29, 0.717) is 26.4 Å². The molecule has 0 heterocycles. The minimum Gasteiger partial charge on any atom is -0.481 e. The first-order valence-corrected chi connectivity index (χ1v) is 7.79. The van der Waals surface area contributed by atoms with Crippen LogP contribution >= 0.6 is 0 Å². The van der Waals surface area contributed by atoms with Crippen molar-refractivity contribution in [2.24, 2.45) is 0 Å². The van der Waals surface area contributed by atoms with Gasteiger partial charge < -0.3 is 19.5 Å². The predicted molar refractivity (Wildman–Crippen MR) is 89.4 cm³/mol. The molecule has 0 saturated heterocycles. The molecule has 0 bridgehead atoms. The normalized spacial score (nSPS) is 11.5. The molecule has 5 nitrogen and oxygen atoms in total. The molecule has 126 valence electrons. The smallest absolute Gasteiger partial charge is 0.248 e. The maximum Gasteiger partial charge on any atom is 0.248 e. The van der Waals surface area contributed by atoms with Crippen LogP contribution in [0.25, 0.3) is 0 Å². The van der Waals surface area contributed by atoms with Crippen LogP contribution in [0.1, 0.15) is 19.4 Å². The molecule has 0 radical (unpaired) electrons. The van der Waals surface area contributed by atoms with E-state index in [1.165, 1.54) is 0 Å². The van der Waals surface area contributed by atoms with Gasteiger partial charge in [0.2, 0.25) is 5.91 Å². The molecule has 1 atom stereocenters. The van der Waals surface area contributed by atoms with E-state index in [2.05, 4.69) is 11.2 Å². The van der Waals surface area contributed by atoms with E-state index in [4.69, 9.17) is 20.6 Å². The minimum absolute atomic E-state index is 0.115. The standard InChI is InChI=1S/C18H25NO4/c1-4-12-23-17-8-6-16(7-9-17)10-11-19-18(20)15(3)22-14-13-21-5-2/h1,6-9,15H,5,10-14H2,2-3H3,(H,19,20)/t15-/m0/s1. The van der Waals surface area contributed by atoms with E-state index in [1.807, 2.05) is 31.2 Å². The van der Waals surface area contributed by atoms with Crippen LogP contribution in [0.5, 0.6) is 5.75 Å². The lowest BCUT2D eigenvalue weighted by Gasteiger charge is -2.13. The van der Waals surface area contributed by atoms with E-state index < -0.39 is 6.10 Å². The third kappa shape index (κ3) is 8.24. The Morgan fingerprint density at radius 3 is 2.70 bits per heavy atom. The second-order valence-electron chi connectivity index (χ2n) is 4.89. The fraction of sp³-hybridized carbons (Fsp3) is 0.500. The number of rotatable bonds is 11. The van der Waals surface area contributed by atoms with Gasteiger partial charge in [0.25, 0.3) is 0 Å². The Bertz CT molecular complexity index is 493. The minimum atomic E-state index is -0.477. The Labute approximate surface area is 138 Å². The van der Waals surface area contributed by atoms with Gasteiger partial charge in [0.1, 0.15) is 18.5 Å². The highest BCUT2D eigenvalue weighted by atomic mass is 16.5. The van der Waals surface area contributed by atoms with Crippen LogP contribution in [0, 0.1) is 12.3 Å². The molecule has 0 spiro atoms. The lowest BCUT2D eigenvalue weighted by atomic mass is 10.1. The summed E-state index contributed by atoms with van der Waals surface area (Å²) in [6.07, 6.45) is 5.40. The fourth-order valence-corrected chi connectivity index (χ4v) is 1.85. The van der Waals surface area contributed by atoms with Gasteiger partial charge in [-0.25, -0.2) is 0 Å². The van der Waals surface area contributed by atoms with Gasteiger partial charge in [0.15, 0.2) is 0 Å². The van der Waals surface area contributed by atoms with Gasteiger partial charge >= 0.3 is 0 Å². The summed E-state index contributed by atoms with van der Waals surface area (Å²) in [6, 6.07) is 7.65. The lowest BCUT2D eigenvalue weighted by Crippen LogP contribution is -2.36. The zero-order chi connectivity index (χ0) is 16.9. The second-order valence-corrected chi connectivity index (χ2v) is 4.89. The summed E-state index contributed by atoms with van der Waals surface area (Å²) in [5, 5.41) is 2.86. The highest BCUT2D eigenvalue weighted by Crippen LogP contribution is 2.12. The molecule has 0 unspecified atom stereocenters. The molecule has 0 aliphatic rings. The molecular formula is C18H25NO4. The number of hydrogen-bond acceptors (Lipinski definition) is 4. The average Bonchev–Trinajstić information content (AvgIpc) is 2.57. The van der Waals surface area contributed by atoms with Crippen molar-refractivity contribution in [2.75, 3.05) is 33.0 Å². The van der Waals surface area contributed by atoms with Crippen LogP contribution in [0.4, 0.5) is 0 Å². The van der Waals surface area contributed by atoms with E-state index in [1.54, 1.807) is 6.92 Å². The molecule has 23 heavy (non-hydrogen) atoms. The summed E-state index contributed by atoms with van der Waals surface area (Å²) < 4.78 is 15.9. The van der Waals surface area contributed by atoms with Crippen LogP contribution in [-0.4, -0.2) is 45.0 Å². The summed E-state index contributed by atoms with van der Waals surface area (Å²) in [7, 11) is 0. The van der Waals surface area contributed by atoms with Crippen molar-refractivity contribution in [3.05, 3.63) is 29.8 Å². The van der Waals surface area contributed by atoms with Crippen LogP contribution < -0.4 is 10.1 Å². The van der Waals surface area contributed by atoms with Crippen molar-refractivity contribution in [1.82, 2.24) is 5.32 Å². The average molecular weight is 319 g/mol. The fourth-order valence-electron chi connectivity index (χ4n) is 1.85. The van der Waals surface area contributed by atoms with Crippen molar-refractivity contribution in [1.29, 1.82) is 0 Å². The van der Waals surface area contributed by atoms with Crippen LogP contribution in [0.3, 0.4) is 0 Å². The number of nitrogens with one attached hydrogen (secondary N) is 1. The maximum absolute atomic E-state index is 11.9. The summed E-state index contributed by atoms with van der Waals surface area (Å²) in [4.78, 5) is 11.9.